The lowest BCUT2D eigenvalue weighted by molar-refractivity contribution is 0.0697. The van der Waals surface area contributed by atoms with Gasteiger partial charge >= 0.3 is 5.97 Å². The Bertz CT molecular complexity index is 588. The van der Waals surface area contributed by atoms with Crippen molar-refractivity contribution in [3.8, 4) is 11.1 Å². The molecular formula is C13H15N3O2. The maximum Gasteiger partial charge on any atom is 0.336 e. The highest BCUT2D eigenvalue weighted by Crippen LogP contribution is 2.26. The Balaban J connectivity index is 2.58. The lowest BCUT2D eigenvalue weighted by atomic mass is 10.0. The van der Waals surface area contributed by atoms with Crippen LogP contribution >= 0.6 is 0 Å². The van der Waals surface area contributed by atoms with Crippen LogP contribution in [0.2, 0.25) is 0 Å². The number of carboxylic acid groups (broad SMARTS) is 1. The first-order valence-corrected chi connectivity index (χ1v) is 5.74. The van der Waals surface area contributed by atoms with Crippen LogP contribution in [0, 0.1) is 6.92 Å². The Labute approximate surface area is 105 Å². The Morgan fingerprint density at radius 1 is 1.39 bits per heavy atom. The van der Waals surface area contributed by atoms with Crippen molar-refractivity contribution in [2.24, 2.45) is 0 Å². The molecule has 2 aromatic heterocycles. The van der Waals surface area contributed by atoms with Gasteiger partial charge in [0.25, 0.3) is 0 Å². The Morgan fingerprint density at radius 2 is 2.11 bits per heavy atom. The van der Waals surface area contributed by atoms with E-state index in [2.05, 4.69) is 10.1 Å². The summed E-state index contributed by atoms with van der Waals surface area (Å²) in [7, 11) is 0. The van der Waals surface area contributed by atoms with Crippen molar-refractivity contribution in [3.05, 3.63) is 35.9 Å². The van der Waals surface area contributed by atoms with Gasteiger partial charge in [-0.1, -0.05) is 0 Å². The fraction of sp³-hybridized carbons (Fsp3) is 0.308. The number of carboxylic acids is 1. The number of carbonyl (C=O) groups is 1. The van der Waals surface area contributed by atoms with Gasteiger partial charge < -0.3 is 5.11 Å². The summed E-state index contributed by atoms with van der Waals surface area (Å²) in [5.74, 6) is -0.955. The number of aromatic nitrogens is 3. The van der Waals surface area contributed by atoms with Crippen molar-refractivity contribution in [3.63, 3.8) is 0 Å². The molecule has 0 unspecified atom stereocenters. The molecule has 2 aromatic rings. The number of aryl methyl sites for hydroxylation is 1. The van der Waals surface area contributed by atoms with Crippen molar-refractivity contribution in [2.75, 3.05) is 0 Å². The van der Waals surface area contributed by atoms with Crippen LogP contribution < -0.4 is 0 Å². The summed E-state index contributed by atoms with van der Waals surface area (Å²) in [6.07, 6.45) is 4.91. The van der Waals surface area contributed by atoms with Gasteiger partial charge in [-0.2, -0.15) is 5.10 Å². The van der Waals surface area contributed by atoms with Crippen LogP contribution in [0.1, 0.15) is 35.9 Å². The van der Waals surface area contributed by atoms with Gasteiger partial charge in [0.1, 0.15) is 0 Å². The van der Waals surface area contributed by atoms with Crippen LogP contribution in [0.25, 0.3) is 11.1 Å². The predicted octanol–water partition coefficient (Wildman–Crippen LogP) is 2.53. The second kappa shape index (κ2) is 4.60. The molecule has 2 heterocycles. The first-order valence-electron chi connectivity index (χ1n) is 5.74. The van der Waals surface area contributed by atoms with Gasteiger partial charge in [0, 0.05) is 35.8 Å². The third-order valence-electron chi connectivity index (χ3n) is 2.79. The summed E-state index contributed by atoms with van der Waals surface area (Å²) >= 11 is 0. The number of nitrogens with zero attached hydrogens (tertiary/aromatic N) is 3. The lowest BCUT2D eigenvalue weighted by Crippen LogP contribution is -2.01. The number of aromatic carboxylic acids is 1. The molecule has 0 atom stereocenters. The van der Waals surface area contributed by atoms with Crippen LogP contribution in [-0.2, 0) is 0 Å². The lowest BCUT2D eigenvalue weighted by Gasteiger charge is -2.04. The van der Waals surface area contributed by atoms with E-state index in [1.165, 1.54) is 12.3 Å². The van der Waals surface area contributed by atoms with E-state index in [0.717, 1.165) is 11.3 Å². The summed E-state index contributed by atoms with van der Waals surface area (Å²) in [6.45, 7) is 5.92. The smallest absolute Gasteiger partial charge is 0.336 e. The SMILES string of the molecule is Cc1nn(C(C)C)cc1-c1cnccc1C(=O)O. The summed E-state index contributed by atoms with van der Waals surface area (Å²) in [4.78, 5) is 15.2. The largest absolute Gasteiger partial charge is 0.478 e. The molecule has 1 N–H and O–H groups in total. The quantitative estimate of drug-likeness (QED) is 0.902. The minimum absolute atomic E-state index is 0.238. The predicted molar refractivity (Wildman–Crippen MR) is 67.5 cm³/mol. The van der Waals surface area contributed by atoms with Gasteiger partial charge in [0.2, 0.25) is 0 Å². The Hall–Kier alpha value is -2.17. The molecule has 94 valence electrons. The van der Waals surface area contributed by atoms with E-state index in [1.807, 2.05) is 31.6 Å². The molecule has 5 heteroatoms. The molecule has 0 spiro atoms. The zero-order valence-electron chi connectivity index (χ0n) is 10.6. The van der Waals surface area contributed by atoms with Crippen molar-refractivity contribution >= 4 is 5.97 Å². The topological polar surface area (TPSA) is 68.0 Å². The van der Waals surface area contributed by atoms with Gasteiger partial charge in [-0.3, -0.25) is 9.67 Å². The van der Waals surface area contributed by atoms with Crippen molar-refractivity contribution in [1.82, 2.24) is 14.8 Å². The highest BCUT2D eigenvalue weighted by atomic mass is 16.4. The molecule has 0 aromatic carbocycles. The molecule has 0 saturated carbocycles. The van der Waals surface area contributed by atoms with Gasteiger partial charge in [-0.25, -0.2) is 4.79 Å². The third kappa shape index (κ3) is 2.11. The molecular weight excluding hydrogens is 230 g/mol. The van der Waals surface area contributed by atoms with Crippen LogP contribution in [0.15, 0.2) is 24.7 Å². The molecule has 2 rings (SSSR count). The molecule has 0 radical (unpaired) electrons. The zero-order valence-corrected chi connectivity index (χ0v) is 10.6. The van der Waals surface area contributed by atoms with Crippen molar-refractivity contribution in [1.29, 1.82) is 0 Å². The van der Waals surface area contributed by atoms with Gasteiger partial charge in [-0.05, 0) is 26.8 Å². The average Bonchev–Trinajstić information content (AvgIpc) is 2.71. The Kier molecular flexibility index (Phi) is 3.14. The third-order valence-corrected chi connectivity index (χ3v) is 2.79. The number of hydrogen-bond donors (Lipinski definition) is 1. The summed E-state index contributed by atoms with van der Waals surface area (Å²) < 4.78 is 1.82. The second-order valence-corrected chi connectivity index (χ2v) is 4.43. The molecule has 18 heavy (non-hydrogen) atoms. The maximum absolute atomic E-state index is 11.2. The van der Waals surface area contributed by atoms with E-state index in [-0.39, 0.29) is 11.6 Å². The summed E-state index contributed by atoms with van der Waals surface area (Å²) in [5.41, 5.74) is 2.47. The average molecular weight is 245 g/mol. The van der Waals surface area contributed by atoms with Crippen molar-refractivity contribution in [2.45, 2.75) is 26.8 Å². The normalized spacial score (nSPS) is 10.9. The zero-order chi connectivity index (χ0) is 13.3. The molecule has 0 saturated heterocycles. The van der Waals surface area contributed by atoms with Crippen LogP contribution in [0.5, 0.6) is 0 Å². The monoisotopic (exact) mass is 245 g/mol. The van der Waals surface area contributed by atoms with E-state index >= 15 is 0 Å². The van der Waals surface area contributed by atoms with E-state index < -0.39 is 5.97 Å². The molecule has 0 amide bonds. The molecule has 0 aliphatic heterocycles. The summed E-state index contributed by atoms with van der Waals surface area (Å²) in [5, 5.41) is 13.6. The van der Waals surface area contributed by atoms with E-state index in [1.54, 1.807) is 6.20 Å². The number of hydrogen-bond acceptors (Lipinski definition) is 3. The minimum Gasteiger partial charge on any atom is -0.478 e. The van der Waals surface area contributed by atoms with Crippen LogP contribution in [-0.4, -0.2) is 25.8 Å². The van der Waals surface area contributed by atoms with Gasteiger partial charge in [0.15, 0.2) is 0 Å². The molecule has 5 nitrogen and oxygen atoms in total. The fourth-order valence-electron chi connectivity index (χ4n) is 1.81. The molecule has 0 aliphatic rings. The minimum atomic E-state index is -0.955. The standard InChI is InChI=1S/C13H15N3O2/c1-8(2)16-7-12(9(3)15-16)11-6-14-5-4-10(11)13(17)18/h4-8H,1-3H3,(H,17,18). The molecule has 0 bridgehead atoms. The van der Waals surface area contributed by atoms with Crippen LogP contribution in [0.3, 0.4) is 0 Å². The first kappa shape index (κ1) is 12.3. The summed E-state index contributed by atoms with van der Waals surface area (Å²) in [6, 6.07) is 1.74. The fourth-order valence-corrected chi connectivity index (χ4v) is 1.81. The van der Waals surface area contributed by atoms with E-state index in [9.17, 15) is 9.90 Å². The maximum atomic E-state index is 11.2. The van der Waals surface area contributed by atoms with Gasteiger partial charge in [0.05, 0.1) is 11.3 Å². The molecule has 0 fully saturated rings. The highest BCUT2D eigenvalue weighted by molar-refractivity contribution is 5.95. The van der Waals surface area contributed by atoms with Crippen LogP contribution in [0.4, 0.5) is 0 Å². The van der Waals surface area contributed by atoms with E-state index in [4.69, 9.17) is 0 Å². The highest BCUT2D eigenvalue weighted by Gasteiger charge is 2.16. The molecule has 0 aliphatic carbocycles. The van der Waals surface area contributed by atoms with Gasteiger partial charge in [-0.15, -0.1) is 0 Å². The second-order valence-electron chi connectivity index (χ2n) is 4.43. The Morgan fingerprint density at radius 3 is 2.67 bits per heavy atom. The number of rotatable bonds is 3. The number of pyridine rings is 1. The van der Waals surface area contributed by atoms with Crippen molar-refractivity contribution < 1.29 is 9.90 Å². The van der Waals surface area contributed by atoms with E-state index in [0.29, 0.717) is 5.56 Å². The first-order chi connectivity index (χ1) is 8.50.